The van der Waals surface area contributed by atoms with Gasteiger partial charge >= 0.3 is 6.18 Å². The number of rotatable bonds is 9. The minimum atomic E-state index is -4.30. The molecule has 188 valence electrons. The quantitative estimate of drug-likeness (QED) is 0.555. The van der Waals surface area contributed by atoms with Gasteiger partial charge < -0.3 is 15.0 Å². The maximum atomic E-state index is 13.0. The summed E-state index contributed by atoms with van der Waals surface area (Å²) in [4.78, 5) is 30.2. The van der Waals surface area contributed by atoms with Crippen molar-refractivity contribution in [2.24, 2.45) is 7.05 Å². The van der Waals surface area contributed by atoms with Crippen LogP contribution in [0.3, 0.4) is 0 Å². The second-order valence-corrected chi connectivity index (χ2v) is 8.50. The SMILES string of the molecule is Cc1c(NC(=O)C(C)N2CCN(CCCOCC(F)(F)F)CC2)c(=O)n(-c2ccccc2)n1C. The fourth-order valence-electron chi connectivity index (χ4n) is 4.06. The molecular formula is C23H32F3N5O3. The van der Waals surface area contributed by atoms with Crippen LogP contribution < -0.4 is 10.9 Å². The number of carbonyl (C=O) groups excluding carboxylic acids is 1. The average Bonchev–Trinajstić information content (AvgIpc) is 3.01. The normalized spacial score (nSPS) is 16.5. The summed E-state index contributed by atoms with van der Waals surface area (Å²) in [6.07, 6.45) is -3.78. The lowest BCUT2D eigenvalue weighted by molar-refractivity contribution is -0.174. The summed E-state index contributed by atoms with van der Waals surface area (Å²) >= 11 is 0. The fraction of sp³-hybridized carbons (Fsp3) is 0.565. The van der Waals surface area contributed by atoms with Gasteiger partial charge in [0.05, 0.1) is 17.4 Å². The first-order chi connectivity index (χ1) is 16.1. The topological polar surface area (TPSA) is 71.7 Å². The predicted octanol–water partition coefficient (Wildman–Crippen LogP) is 2.40. The Hall–Kier alpha value is -2.63. The van der Waals surface area contributed by atoms with Crippen LogP contribution in [0.1, 0.15) is 19.0 Å². The number of aromatic nitrogens is 2. The summed E-state index contributed by atoms with van der Waals surface area (Å²) in [7, 11) is 1.77. The molecule has 0 spiro atoms. The molecule has 1 aromatic heterocycles. The third-order valence-electron chi connectivity index (χ3n) is 6.17. The van der Waals surface area contributed by atoms with Crippen LogP contribution in [0.5, 0.6) is 0 Å². The largest absolute Gasteiger partial charge is 0.411 e. The number of hydrogen-bond acceptors (Lipinski definition) is 5. The summed E-state index contributed by atoms with van der Waals surface area (Å²) in [6.45, 7) is 5.82. The van der Waals surface area contributed by atoms with Crippen LogP contribution in [-0.4, -0.2) is 83.2 Å². The van der Waals surface area contributed by atoms with Crippen LogP contribution in [0.25, 0.3) is 5.69 Å². The summed E-state index contributed by atoms with van der Waals surface area (Å²) in [5, 5.41) is 2.82. The molecule has 2 heterocycles. The van der Waals surface area contributed by atoms with Crippen LogP contribution >= 0.6 is 0 Å². The molecule has 1 aliphatic rings. The van der Waals surface area contributed by atoms with Crippen molar-refractivity contribution in [2.45, 2.75) is 32.5 Å². The van der Waals surface area contributed by atoms with Gasteiger partial charge in [-0.2, -0.15) is 13.2 Å². The highest BCUT2D eigenvalue weighted by Crippen LogP contribution is 2.16. The molecular weight excluding hydrogens is 451 g/mol. The third kappa shape index (κ3) is 6.49. The highest BCUT2D eigenvalue weighted by Gasteiger charge is 2.28. The van der Waals surface area contributed by atoms with Crippen molar-refractivity contribution in [2.75, 3.05) is 51.3 Å². The molecule has 1 aromatic carbocycles. The Morgan fingerprint density at radius 3 is 2.41 bits per heavy atom. The van der Waals surface area contributed by atoms with Crippen LogP contribution in [-0.2, 0) is 16.6 Å². The minimum absolute atomic E-state index is 0.0650. The van der Waals surface area contributed by atoms with Crippen LogP contribution in [0.15, 0.2) is 35.1 Å². The highest BCUT2D eigenvalue weighted by atomic mass is 19.4. The van der Waals surface area contributed by atoms with Crippen molar-refractivity contribution in [1.29, 1.82) is 0 Å². The monoisotopic (exact) mass is 483 g/mol. The molecule has 0 aliphatic carbocycles. The molecule has 0 radical (unpaired) electrons. The standard InChI is InChI=1S/C23H32F3N5O3/c1-17-20(22(33)31(28(17)3)19-8-5-4-6-9-19)27-21(32)18(2)30-13-11-29(12-14-30)10-7-15-34-16-23(24,25)26/h4-6,8-9,18H,7,10-16H2,1-3H3,(H,27,32). The number of amides is 1. The lowest BCUT2D eigenvalue weighted by atomic mass is 10.2. The van der Waals surface area contributed by atoms with E-state index in [0.717, 1.165) is 0 Å². The van der Waals surface area contributed by atoms with Gasteiger partial charge in [0.2, 0.25) is 5.91 Å². The minimum Gasteiger partial charge on any atom is -0.372 e. The van der Waals surface area contributed by atoms with Crippen LogP contribution in [0, 0.1) is 6.92 Å². The molecule has 1 N–H and O–H groups in total. The van der Waals surface area contributed by atoms with Crippen molar-refractivity contribution >= 4 is 11.6 Å². The van der Waals surface area contributed by atoms with Gasteiger partial charge in [0.25, 0.3) is 5.56 Å². The Labute approximate surface area is 196 Å². The van der Waals surface area contributed by atoms with E-state index in [1.54, 1.807) is 18.7 Å². The van der Waals surface area contributed by atoms with Crippen LogP contribution in [0.2, 0.25) is 0 Å². The maximum absolute atomic E-state index is 13.0. The molecule has 3 rings (SSSR count). The molecule has 11 heteroatoms. The molecule has 1 amide bonds. The van der Waals surface area contributed by atoms with Gasteiger partial charge in [-0.3, -0.25) is 19.2 Å². The van der Waals surface area contributed by atoms with Gasteiger partial charge in [0, 0.05) is 46.4 Å². The number of alkyl halides is 3. The number of para-hydroxylation sites is 1. The number of piperazine rings is 1. The van der Waals surface area contributed by atoms with E-state index in [4.69, 9.17) is 0 Å². The number of halogens is 3. The molecule has 1 unspecified atom stereocenters. The summed E-state index contributed by atoms with van der Waals surface area (Å²) in [6, 6.07) is 8.80. The zero-order valence-electron chi connectivity index (χ0n) is 19.8. The van der Waals surface area contributed by atoms with Gasteiger partial charge in [-0.05, 0) is 32.4 Å². The van der Waals surface area contributed by atoms with E-state index in [-0.39, 0.29) is 23.8 Å². The zero-order valence-corrected chi connectivity index (χ0v) is 19.8. The number of nitrogens with zero attached hydrogens (tertiary/aromatic N) is 4. The Balaban J connectivity index is 1.51. The fourth-order valence-corrected chi connectivity index (χ4v) is 4.06. The Morgan fingerprint density at radius 2 is 1.79 bits per heavy atom. The summed E-state index contributed by atoms with van der Waals surface area (Å²) < 4.78 is 44.2. The van der Waals surface area contributed by atoms with E-state index in [2.05, 4.69) is 15.0 Å². The smallest absolute Gasteiger partial charge is 0.372 e. The highest BCUT2D eigenvalue weighted by molar-refractivity contribution is 5.95. The van der Waals surface area contributed by atoms with Gasteiger partial charge in [0.1, 0.15) is 12.3 Å². The molecule has 34 heavy (non-hydrogen) atoms. The third-order valence-corrected chi connectivity index (χ3v) is 6.17. The van der Waals surface area contributed by atoms with E-state index in [1.807, 2.05) is 42.2 Å². The van der Waals surface area contributed by atoms with Crippen molar-refractivity contribution in [3.63, 3.8) is 0 Å². The Morgan fingerprint density at radius 1 is 1.15 bits per heavy atom. The first-order valence-corrected chi connectivity index (χ1v) is 11.3. The Bertz CT molecular complexity index is 1010. The predicted molar refractivity (Wildman–Crippen MR) is 123 cm³/mol. The molecule has 0 saturated carbocycles. The molecule has 8 nitrogen and oxygen atoms in total. The molecule has 1 aliphatic heterocycles. The Kier molecular flexibility index (Phi) is 8.56. The number of anilines is 1. The first kappa shape index (κ1) is 26.0. The zero-order chi connectivity index (χ0) is 24.9. The van der Waals surface area contributed by atoms with Crippen molar-refractivity contribution < 1.29 is 22.7 Å². The number of hydrogen-bond donors (Lipinski definition) is 1. The lowest BCUT2D eigenvalue weighted by Crippen LogP contribution is -2.53. The number of carbonyl (C=O) groups is 1. The van der Waals surface area contributed by atoms with E-state index in [1.165, 1.54) is 4.68 Å². The van der Waals surface area contributed by atoms with Crippen molar-refractivity contribution in [3.8, 4) is 5.69 Å². The van der Waals surface area contributed by atoms with Gasteiger partial charge in [-0.25, -0.2) is 4.68 Å². The number of ether oxygens (including phenoxy) is 1. The van der Waals surface area contributed by atoms with Crippen LogP contribution in [0.4, 0.5) is 18.9 Å². The van der Waals surface area contributed by atoms with Crippen molar-refractivity contribution in [3.05, 3.63) is 46.4 Å². The second-order valence-electron chi connectivity index (χ2n) is 8.50. The molecule has 2 aromatic rings. The molecule has 1 atom stereocenters. The lowest BCUT2D eigenvalue weighted by Gasteiger charge is -2.37. The molecule has 1 saturated heterocycles. The first-order valence-electron chi connectivity index (χ1n) is 11.3. The van der Waals surface area contributed by atoms with Gasteiger partial charge in [0.15, 0.2) is 0 Å². The summed E-state index contributed by atoms with van der Waals surface area (Å²) in [5.41, 5.74) is 1.35. The van der Waals surface area contributed by atoms with Crippen molar-refractivity contribution in [1.82, 2.24) is 19.2 Å². The van der Waals surface area contributed by atoms with Gasteiger partial charge in [-0.15, -0.1) is 0 Å². The summed E-state index contributed by atoms with van der Waals surface area (Å²) in [5.74, 6) is -0.250. The molecule has 0 bridgehead atoms. The van der Waals surface area contributed by atoms with E-state index in [9.17, 15) is 22.8 Å². The number of benzene rings is 1. The van der Waals surface area contributed by atoms with E-state index >= 15 is 0 Å². The molecule has 1 fully saturated rings. The van der Waals surface area contributed by atoms with E-state index in [0.29, 0.717) is 50.5 Å². The average molecular weight is 484 g/mol. The second kappa shape index (κ2) is 11.2. The van der Waals surface area contributed by atoms with Gasteiger partial charge in [-0.1, -0.05) is 18.2 Å². The van der Waals surface area contributed by atoms with E-state index < -0.39 is 18.8 Å². The maximum Gasteiger partial charge on any atom is 0.411 e. The number of nitrogens with one attached hydrogen (secondary N) is 1.